The van der Waals surface area contributed by atoms with E-state index in [0.717, 1.165) is 25.9 Å². The van der Waals surface area contributed by atoms with E-state index in [1.807, 2.05) is 26.8 Å². The van der Waals surface area contributed by atoms with E-state index in [4.69, 9.17) is 4.74 Å². The van der Waals surface area contributed by atoms with Gasteiger partial charge in [0.25, 0.3) is 0 Å². The summed E-state index contributed by atoms with van der Waals surface area (Å²) in [5.74, 6) is 0. The van der Waals surface area contributed by atoms with Crippen LogP contribution in [0.3, 0.4) is 0 Å². The third-order valence-corrected chi connectivity index (χ3v) is 3.74. The van der Waals surface area contributed by atoms with Crippen molar-refractivity contribution in [3.63, 3.8) is 0 Å². The fraction of sp³-hybridized carbons (Fsp3) is 0.611. The second-order valence-corrected chi connectivity index (χ2v) is 7.17. The molecule has 1 aliphatic heterocycles. The Kier molecular flexibility index (Phi) is 5.46. The van der Waals surface area contributed by atoms with Crippen LogP contribution in [0, 0.1) is 0 Å². The molecular weight excluding hydrogens is 276 g/mol. The molecule has 1 aromatic rings. The Morgan fingerprint density at radius 2 is 2.05 bits per heavy atom. The summed E-state index contributed by atoms with van der Waals surface area (Å²) in [6.45, 7) is 9.40. The van der Waals surface area contributed by atoms with Gasteiger partial charge in [0.05, 0.1) is 0 Å². The molecule has 1 saturated heterocycles. The molecule has 4 nitrogen and oxygen atoms in total. The topological polar surface area (TPSA) is 41.6 Å². The number of ether oxygens (including phenoxy) is 1. The second kappa shape index (κ2) is 7.14. The van der Waals surface area contributed by atoms with Crippen LogP contribution in [0.5, 0.6) is 0 Å². The highest BCUT2D eigenvalue weighted by molar-refractivity contribution is 5.68. The lowest BCUT2D eigenvalue weighted by molar-refractivity contribution is 0.0290. The van der Waals surface area contributed by atoms with Crippen molar-refractivity contribution in [2.45, 2.75) is 58.2 Å². The number of amides is 1. The van der Waals surface area contributed by atoms with E-state index in [1.165, 1.54) is 5.56 Å². The van der Waals surface area contributed by atoms with Crippen molar-refractivity contribution in [2.75, 3.05) is 13.1 Å². The van der Waals surface area contributed by atoms with Crippen LogP contribution >= 0.6 is 0 Å². The summed E-state index contributed by atoms with van der Waals surface area (Å²) in [6.07, 6.45) is 1.79. The van der Waals surface area contributed by atoms with Crippen molar-refractivity contribution in [3.05, 3.63) is 35.9 Å². The summed E-state index contributed by atoms with van der Waals surface area (Å²) >= 11 is 0. The monoisotopic (exact) mass is 304 g/mol. The normalized spacial score (nSPS) is 20.0. The Bertz CT molecular complexity index is 482. The highest BCUT2D eigenvalue weighted by atomic mass is 16.6. The first-order chi connectivity index (χ1) is 10.3. The molecule has 0 radical (unpaired) electrons. The van der Waals surface area contributed by atoms with Gasteiger partial charge in [0.1, 0.15) is 5.60 Å². The van der Waals surface area contributed by atoms with Gasteiger partial charge in [-0.1, -0.05) is 30.3 Å². The van der Waals surface area contributed by atoms with Crippen LogP contribution in [0.4, 0.5) is 4.79 Å². The minimum atomic E-state index is -0.427. The molecule has 2 atom stereocenters. The van der Waals surface area contributed by atoms with Crippen LogP contribution in [-0.4, -0.2) is 41.8 Å². The fourth-order valence-electron chi connectivity index (χ4n) is 2.82. The Morgan fingerprint density at radius 1 is 1.36 bits per heavy atom. The molecule has 4 heteroatoms. The van der Waals surface area contributed by atoms with Crippen molar-refractivity contribution in [2.24, 2.45) is 0 Å². The van der Waals surface area contributed by atoms with Crippen molar-refractivity contribution in [3.8, 4) is 0 Å². The molecule has 1 N–H and O–H groups in total. The Morgan fingerprint density at radius 3 is 2.68 bits per heavy atom. The number of carbonyl (C=O) groups excluding carboxylic acids is 1. The summed E-state index contributed by atoms with van der Waals surface area (Å²) < 4.78 is 5.43. The lowest BCUT2D eigenvalue weighted by Crippen LogP contribution is -2.41. The van der Waals surface area contributed by atoms with E-state index in [9.17, 15) is 4.79 Å². The van der Waals surface area contributed by atoms with E-state index in [1.54, 1.807) is 4.90 Å². The van der Waals surface area contributed by atoms with Gasteiger partial charge in [0.15, 0.2) is 0 Å². The summed E-state index contributed by atoms with van der Waals surface area (Å²) in [5.41, 5.74) is 0.910. The summed E-state index contributed by atoms with van der Waals surface area (Å²) in [7, 11) is 0. The third-order valence-electron chi connectivity index (χ3n) is 3.74. The van der Waals surface area contributed by atoms with Crippen molar-refractivity contribution in [1.82, 2.24) is 10.2 Å². The maximum Gasteiger partial charge on any atom is 0.410 e. The molecule has 1 fully saturated rings. The van der Waals surface area contributed by atoms with E-state index in [0.29, 0.717) is 12.1 Å². The summed E-state index contributed by atoms with van der Waals surface area (Å²) in [4.78, 5) is 13.9. The molecule has 0 aromatic heterocycles. The predicted octanol–water partition coefficient (Wildman–Crippen LogP) is 3.22. The number of hydrogen-bond donors (Lipinski definition) is 1. The van der Waals surface area contributed by atoms with Crippen LogP contribution in [0.1, 0.15) is 39.7 Å². The second-order valence-electron chi connectivity index (χ2n) is 7.17. The van der Waals surface area contributed by atoms with Crippen LogP contribution in [0.2, 0.25) is 0 Å². The smallest absolute Gasteiger partial charge is 0.410 e. The van der Waals surface area contributed by atoms with Crippen molar-refractivity contribution < 1.29 is 9.53 Å². The highest BCUT2D eigenvalue weighted by Gasteiger charge is 2.30. The lowest BCUT2D eigenvalue weighted by Gasteiger charge is -2.25. The van der Waals surface area contributed by atoms with Gasteiger partial charge in [-0.15, -0.1) is 0 Å². The van der Waals surface area contributed by atoms with Gasteiger partial charge in [-0.25, -0.2) is 4.79 Å². The van der Waals surface area contributed by atoms with E-state index < -0.39 is 5.60 Å². The first-order valence-electron chi connectivity index (χ1n) is 8.11. The lowest BCUT2D eigenvalue weighted by atomic mass is 10.1. The third kappa shape index (κ3) is 5.34. The number of nitrogens with zero attached hydrogens (tertiary/aromatic N) is 1. The van der Waals surface area contributed by atoms with Crippen LogP contribution in [0.25, 0.3) is 0 Å². The standard InChI is InChI=1S/C18H28N2O2/c1-14(12-15-8-6-5-7-9-15)19-16-10-11-20(13-16)17(21)22-18(2,3)4/h5-9,14,16,19H,10-13H2,1-4H3. The largest absolute Gasteiger partial charge is 0.444 e. The quantitative estimate of drug-likeness (QED) is 0.928. The van der Waals surface area contributed by atoms with Gasteiger partial charge in [-0.3, -0.25) is 0 Å². The average Bonchev–Trinajstić information content (AvgIpc) is 2.86. The molecule has 0 bridgehead atoms. The molecule has 1 aromatic carbocycles. The molecule has 2 rings (SSSR count). The van der Waals surface area contributed by atoms with Gasteiger partial charge in [-0.05, 0) is 46.1 Å². The minimum absolute atomic E-state index is 0.201. The Balaban J connectivity index is 1.77. The van der Waals surface area contributed by atoms with Crippen LogP contribution in [-0.2, 0) is 11.2 Å². The number of carbonyl (C=O) groups is 1. The number of benzene rings is 1. The minimum Gasteiger partial charge on any atom is -0.444 e. The summed E-state index contributed by atoms with van der Waals surface area (Å²) in [5, 5.41) is 3.63. The maximum atomic E-state index is 12.1. The molecule has 2 unspecified atom stereocenters. The first-order valence-corrected chi connectivity index (χ1v) is 8.11. The Labute approximate surface area is 133 Å². The average molecular weight is 304 g/mol. The van der Waals surface area contributed by atoms with E-state index >= 15 is 0 Å². The van der Waals surface area contributed by atoms with Gasteiger partial charge in [-0.2, -0.15) is 0 Å². The summed E-state index contributed by atoms with van der Waals surface area (Å²) in [6, 6.07) is 11.2. The van der Waals surface area contributed by atoms with Gasteiger partial charge >= 0.3 is 6.09 Å². The van der Waals surface area contributed by atoms with Gasteiger partial charge in [0.2, 0.25) is 0 Å². The molecular formula is C18H28N2O2. The molecule has 1 heterocycles. The molecule has 0 spiro atoms. The molecule has 1 amide bonds. The van der Waals surface area contributed by atoms with Crippen molar-refractivity contribution >= 4 is 6.09 Å². The highest BCUT2D eigenvalue weighted by Crippen LogP contribution is 2.16. The zero-order valence-electron chi connectivity index (χ0n) is 14.1. The van der Waals surface area contributed by atoms with Gasteiger partial charge in [0, 0.05) is 25.2 Å². The first kappa shape index (κ1) is 16.8. The molecule has 0 saturated carbocycles. The zero-order valence-corrected chi connectivity index (χ0v) is 14.1. The molecule has 122 valence electrons. The fourth-order valence-corrected chi connectivity index (χ4v) is 2.82. The predicted molar refractivity (Wildman–Crippen MR) is 89.0 cm³/mol. The molecule has 22 heavy (non-hydrogen) atoms. The number of nitrogens with one attached hydrogen (secondary N) is 1. The van der Waals surface area contributed by atoms with Crippen LogP contribution in [0.15, 0.2) is 30.3 Å². The zero-order chi connectivity index (χ0) is 16.2. The number of likely N-dealkylation sites (tertiary alicyclic amines) is 1. The number of hydrogen-bond acceptors (Lipinski definition) is 3. The van der Waals surface area contributed by atoms with E-state index in [2.05, 4.69) is 36.5 Å². The van der Waals surface area contributed by atoms with Crippen molar-refractivity contribution in [1.29, 1.82) is 0 Å². The van der Waals surface area contributed by atoms with Gasteiger partial charge < -0.3 is 15.0 Å². The molecule has 1 aliphatic rings. The SMILES string of the molecule is CC(Cc1ccccc1)NC1CCN(C(=O)OC(C)(C)C)C1. The Hall–Kier alpha value is -1.55. The molecule has 0 aliphatic carbocycles. The number of rotatable bonds is 4. The van der Waals surface area contributed by atoms with E-state index in [-0.39, 0.29) is 6.09 Å². The maximum absolute atomic E-state index is 12.1. The van der Waals surface area contributed by atoms with Crippen LogP contribution < -0.4 is 5.32 Å².